The predicted octanol–water partition coefficient (Wildman–Crippen LogP) is 3.04. The molecule has 0 saturated carbocycles. The first kappa shape index (κ1) is 14.5. The van der Waals surface area contributed by atoms with Crippen LogP contribution in [0.15, 0.2) is 48.6 Å². The molecule has 0 heterocycles. The molecule has 0 aliphatic heterocycles. The Kier molecular flexibility index (Phi) is 4.35. The molecule has 2 atom stereocenters. The second kappa shape index (κ2) is 6.01. The van der Waals surface area contributed by atoms with Gasteiger partial charge in [0.1, 0.15) is 0 Å². The molecule has 1 aromatic rings. The second-order valence-electron chi connectivity index (χ2n) is 4.70. The number of rotatable bonds is 4. The second-order valence-corrected chi connectivity index (χ2v) is 4.70. The van der Waals surface area contributed by atoms with Crippen molar-refractivity contribution in [3.05, 3.63) is 59.7 Å². The Bertz CT molecular complexity index is 533. The standard InChI is InChI=1S/C16H17FO3/c1-19-11-16(17)10-4-3-5-14(16)12-6-8-13(9-7-12)15(18)20-2/h3-10,14H,11H2,1-2H3. The Balaban J connectivity index is 2.28. The first-order chi connectivity index (χ1) is 9.60. The van der Waals surface area contributed by atoms with Crippen molar-refractivity contribution >= 4 is 5.97 Å². The van der Waals surface area contributed by atoms with E-state index in [0.29, 0.717) is 5.56 Å². The van der Waals surface area contributed by atoms with Crippen LogP contribution in [-0.4, -0.2) is 32.5 Å². The molecule has 0 spiro atoms. The summed E-state index contributed by atoms with van der Waals surface area (Å²) in [6.45, 7) is -0.0166. The van der Waals surface area contributed by atoms with Crippen molar-refractivity contribution in [2.24, 2.45) is 0 Å². The van der Waals surface area contributed by atoms with Crippen LogP contribution in [-0.2, 0) is 9.47 Å². The number of esters is 1. The van der Waals surface area contributed by atoms with Gasteiger partial charge < -0.3 is 9.47 Å². The first-order valence-electron chi connectivity index (χ1n) is 6.33. The molecule has 2 unspecified atom stereocenters. The summed E-state index contributed by atoms with van der Waals surface area (Å²) in [5.41, 5.74) is -0.336. The Hall–Kier alpha value is -1.94. The first-order valence-corrected chi connectivity index (χ1v) is 6.33. The average Bonchev–Trinajstić information content (AvgIpc) is 2.47. The van der Waals surface area contributed by atoms with Crippen molar-refractivity contribution in [3.8, 4) is 0 Å². The molecular formula is C16H17FO3. The van der Waals surface area contributed by atoms with E-state index in [1.165, 1.54) is 20.3 Å². The molecule has 3 nitrogen and oxygen atoms in total. The Labute approximate surface area is 117 Å². The highest BCUT2D eigenvalue weighted by Gasteiger charge is 2.37. The quantitative estimate of drug-likeness (QED) is 0.793. The smallest absolute Gasteiger partial charge is 0.337 e. The number of hydrogen-bond donors (Lipinski definition) is 0. The molecule has 106 valence electrons. The van der Waals surface area contributed by atoms with Crippen LogP contribution in [0.5, 0.6) is 0 Å². The van der Waals surface area contributed by atoms with Crippen LogP contribution in [0, 0.1) is 0 Å². The van der Waals surface area contributed by atoms with Crippen molar-refractivity contribution in [2.75, 3.05) is 20.8 Å². The molecule has 4 heteroatoms. The zero-order valence-corrected chi connectivity index (χ0v) is 11.5. The van der Waals surface area contributed by atoms with Gasteiger partial charge in [-0.25, -0.2) is 9.18 Å². The number of benzene rings is 1. The molecule has 0 aromatic heterocycles. The maximum Gasteiger partial charge on any atom is 0.337 e. The number of carbonyl (C=O) groups excluding carboxylic acids is 1. The van der Waals surface area contributed by atoms with E-state index in [2.05, 4.69) is 4.74 Å². The minimum atomic E-state index is -1.57. The number of allylic oxidation sites excluding steroid dienone is 3. The molecule has 0 N–H and O–H groups in total. The molecule has 1 aliphatic rings. The van der Waals surface area contributed by atoms with Gasteiger partial charge in [0.05, 0.1) is 19.3 Å². The fourth-order valence-corrected chi connectivity index (χ4v) is 2.35. The van der Waals surface area contributed by atoms with Crippen LogP contribution in [0.2, 0.25) is 0 Å². The molecule has 0 bridgehead atoms. The van der Waals surface area contributed by atoms with E-state index in [1.807, 2.05) is 6.08 Å². The minimum Gasteiger partial charge on any atom is -0.465 e. The summed E-state index contributed by atoms with van der Waals surface area (Å²) in [7, 11) is 2.81. The lowest BCUT2D eigenvalue weighted by molar-refractivity contribution is 0.0600. The van der Waals surface area contributed by atoms with E-state index >= 15 is 0 Å². The third-order valence-corrected chi connectivity index (χ3v) is 3.36. The Morgan fingerprint density at radius 3 is 2.55 bits per heavy atom. The Morgan fingerprint density at radius 1 is 1.25 bits per heavy atom. The molecule has 0 saturated heterocycles. The summed E-state index contributed by atoms with van der Waals surface area (Å²) in [5, 5.41) is 0. The van der Waals surface area contributed by atoms with E-state index in [9.17, 15) is 9.18 Å². The Morgan fingerprint density at radius 2 is 1.95 bits per heavy atom. The van der Waals surface area contributed by atoms with Crippen molar-refractivity contribution in [1.82, 2.24) is 0 Å². The zero-order chi connectivity index (χ0) is 14.6. The minimum absolute atomic E-state index is 0.0166. The lowest BCUT2D eigenvalue weighted by atomic mass is 9.81. The maximum absolute atomic E-state index is 14.9. The third-order valence-electron chi connectivity index (χ3n) is 3.36. The van der Waals surface area contributed by atoms with Gasteiger partial charge in [-0.15, -0.1) is 0 Å². The van der Waals surface area contributed by atoms with Crippen LogP contribution in [0.4, 0.5) is 4.39 Å². The molecule has 1 aromatic carbocycles. The highest BCUT2D eigenvalue weighted by molar-refractivity contribution is 5.89. The monoisotopic (exact) mass is 276 g/mol. The maximum atomic E-state index is 14.9. The third kappa shape index (κ3) is 2.80. The van der Waals surface area contributed by atoms with E-state index in [1.54, 1.807) is 36.4 Å². The van der Waals surface area contributed by atoms with Gasteiger partial charge in [0.2, 0.25) is 0 Å². The molecule has 1 aliphatic carbocycles. The van der Waals surface area contributed by atoms with Gasteiger partial charge in [0.15, 0.2) is 5.67 Å². The highest BCUT2D eigenvalue weighted by atomic mass is 19.1. The lowest BCUT2D eigenvalue weighted by Gasteiger charge is -2.31. The molecule has 0 fully saturated rings. The van der Waals surface area contributed by atoms with Crippen molar-refractivity contribution in [2.45, 2.75) is 11.6 Å². The van der Waals surface area contributed by atoms with E-state index in [4.69, 9.17) is 4.74 Å². The van der Waals surface area contributed by atoms with Crippen LogP contribution < -0.4 is 0 Å². The molecule has 20 heavy (non-hydrogen) atoms. The van der Waals surface area contributed by atoms with Gasteiger partial charge in [-0.05, 0) is 23.8 Å². The summed E-state index contributed by atoms with van der Waals surface area (Å²) >= 11 is 0. The highest BCUT2D eigenvalue weighted by Crippen LogP contribution is 2.37. The number of alkyl halides is 1. The van der Waals surface area contributed by atoms with Crippen LogP contribution in [0.25, 0.3) is 0 Å². The average molecular weight is 276 g/mol. The van der Waals surface area contributed by atoms with Gasteiger partial charge in [-0.1, -0.05) is 30.4 Å². The number of hydrogen-bond acceptors (Lipinski definition) is 3. The van der Waals surface area contributed by atoms with Crippen molar-refractivity contribution in [1.29, 1.82) is 0 Å². The fourth-order valence-electron chi connectivity index (χ4n) is 2.35. The van der Waals surface area contributed by atoms with Gasteiger partial charge >= 0.3 is 5.97 Å². The fraction of sp³-hybridized carbons (Fsp3) is 0.312. The van der Waals surface area contributed by atoms with Crippen LogP contribution >= 0.6 is 0 Å². The molecule has 0 radical (unpaired) electrons. The summed E-state index contributed by atoms with van der Waals surface area (Å²) in [6, 6.07) is 6.76. The summed E-state index contributed by atoms with van der Waals surface area (Å²) in [5.74, 6) is -0.835. The van der Waals surface area contributed by atoms with Crippen molar-refractivity contribution < 1.29 is 18.7 Å². The predicted molar refractivity (Wildman–Crippen MR) is 74.5 cm³/mol. The van der Waals surface area contributed by atoms with Crippen LogP contribution in [0.3, 0.4) is 0 Å². The summed E-state index contributed by atoms with van der Waals surface area (Å²) in [6.07, 6.45) is 6.80. The SMILES string of the molecule is COCC1(F)C=CC=CC1c1ccc(C(=O)OC)cc1. The lowest BCUT2D eigenvalue weighted by Crippen LogP contribution is -2.34. The van der Waals surface area contributed by atoms with E-state index < -0.39 is 17.6 Å². The molecule has 0 amide bonds. The summed E-state index contributed by atoms with van der Waals surface area (Å²) in [4.78, 5) is 11.4. The number of halogens is 1. The van der Waals surface area contributed by atoms with Gasteiger partial charge in [-0.3, -0.25) is 0 Å². The zero-order valence-electron chi connectivity index (χ0n) is 11.5. The van der Waals surface area contributed by atoms with Gasteiger partial charge in [0.25, 0.3) is 0 Å². The number of methoxy groups -OCH3 is 2. The summed E-state index contributed by atoms with van der Waals surface area (Å²) < 4.78 is 24.5. The van der Waals surface area contributed by atoms with Crippen molar-refractivity contribution in [3.63, 3.8) is 0 Å². The van der Waals surface area contributed by atoms with E-state index in [0.717, 1.165) is 5.56 Å². The molecular weight excluding hydrogens is 259 g/mol. The van der Waals surface area contributed by atoms with E-state index in [-0.39, 0.29) is 6.61 Å². The largest absolute Gasteiger partial charge is 0.465 e. The van der Waals surface area contributed by atoms with Crippen LogP contribution in [0.1, 0.15) is 21.8 Å². The van der Waals surface area contributed by atoms with Gasteiger partial charge in [0, 0.05) is 13.0 Å². The van der Waals surface area contributed by atoms with Gasteiger partial charge in [-0.2, -0.15) is 0 Å². The normalized spacial score (nSPS) is 24.6. The number of ether oxygens (including phenoxy) is 2. The number of carbonyl (C=O) groups is 1. The topological polar surface area (TPSA) is 35.5 Å². The molecule has 2 rings (SSSR count).